The number of hydrogen-bond acceptors (Lipinski definition) is 1. The van der Waals surface area contributed by atoms with Gasteiger partial charge in [-0.15, -0.1) is 0 Å². The molecule has 50 valence electrons. The molecule has 0 radical (unpaired) electrons. The van der Waals surface area contributed by atoms with Crippen molar-refractivity contribution in [2.24, 2.45) is 5.11 Å². The van der Waals surface area contributed by atoms with Crippen molar-refractivity contribution in [1.82, 2.24) is 0 Å². The van der Waals surface area contributed by atoms with Gasteiger partial charge < -0.3 is 0 Å². The van der Waals surface area contributed by atoms with Crippen molar-refractivity contribution in [3.8, 4) is 0 Å². The van der Waals surface area contributed by atoms with Gasteiger partial charge in [-0.2, -0.15) is 0 Å². The quantitative estimate of drug-likeness (QED) is 0.243. The maximum absolute atomic E-state index is 8.12. The third-order valence-corrected chi connectivity index (χ3v) is 2.11. The summed E-state index contributed by atoms with van der Waals surface area (Å²) in [6, 6.07) is 7.60. The number of rotatable bonds is 1. The predicted octanol–water partition coefficient (Wildman–Crippen LogP) is 0.619. The van der Waals surface area contributed by atoms with Crippen LogP contribution >= 0.6 is 0 Å². The van der Waals surface area contributed by atoms with Gasteiger partial charge in [-0.25, -0.2) is 0 Å². The van der Waals surface area contributed by atoms with Crippen molar-refractivity contribution in [3.05, 3.63) is 34.7 Å². The third kappa shape index (κ3) is 1.37. The van der Waals surface area contributed by atoms with Gasteiger partial charge in [-0.05, 0) is 5.53 Å². The first kappa shape index (κ1) is 6.86. The summed E-state index contributed by atoms with van der Waals surface area (Å²) in [5, 5.41) is 4.66. The second-order valence-corrected chi connectivity index (χ2v) is 3.05. The Morgan fingerprint density at radius 1 is 1.40 bits per heavy atom. The second-order valence-electron chi connectivity index (χ2n) is 1.98. The molecule has 0 amide bonds. The highest BCUT2D eigenvalue weighted by Gasteiger charge is 1.89. The van der Waals surface area contributed by atoms with Gasteiger partial charge in [0.15, 0.2) is 0 Å². The van der Waals surface area contributed by atoms with Crippen molar-refractivity contribution in [3.63, 3.8) is 0 Å². The summed E-state index contributed by atoms with van der Waals surface area (Å²) >= 11 is 0. The largest absolute Gasteiger partial charge is 0.0636 e. The Balaban J connectivity index is 3.14. The van der Waals surface area contributed by atoms with Crippen molar-refractivity contribution < 1.29 is 0 Å². The summed E-state index contributed by atoms with van der Waals surface area (Å²) in [5.74, 6) is 0. The number of azide groups is 1. The molecule has 0 aromatic heterocycles. The summed E-state index contributed by atoms with van der Waals surface area (Å²) in [6.45, 7) is 0. The zero-order valence-electron chi connectivity index (χ0n) is 5.65. The lowest BCUT2D eigenvalue weighted by atomic mass is 10.3. The lowest BCUT2D eigenvalue weighted by Crippen LogP contribution is -1.99. The Kier molecular flexibility index (Phi) is 2.09. The van der Waals surface area contributed by atoms with Gasteiger partial charge in [0, 0.05) is 20.8 Å². The molecule has 0 saturated heterocycles. The maximum atomic E-state index is 8.12. The molecular formula is C6H7N3Si. The van der Waals surface area contributed by atoms with Crippen molar-refractivity contribution in [2.45, 2.75) is 0 Å². The van der Waals surface area contributed by atoms with Crippen LogP contribution in [0.3, 0.4) is 0 Å². The van der Waals surface area contributed by atoms with Crippen LogP contribution in [0.2, 0.25) is 0 Å². The van der Waals surface area contributed by atoms with E-state index in [0.717, 1.165) is 21.1 Å². The van der Waals surface area contributed by atoms with Gasteiger partial charge in [0.1, 0.15) is 0 Å². The summed E-state index contributed by atoms with van der Waals surface area (Å²) in [5.41, 5.74) is 8.88. The second kappa shape index (κ2) is 3.05. The minimum Gasteiger partial charge on any atom is -0.0636 e. The fourth-order valence-corrected chi connectivity index (χ4v) is 1.18. The van der Waals surface area contributed by atoms with Crippen molar-refractivity contribution in [2.75, 3.05) is 0 Å². The molecule has 10 heavy (non-hydrogen) atoms. The zero-order valence-corrected chi connectivity index (χ0v) is 7.65. The van der Waals surface area contributed by atoms with Crippen LogP contribution in [0.5, 0.6) is 0 Å². The molecule has 0 aliphatic rings. The summed E-state index contributed by atoms with van der Waals surface area (Å²) < 4.78 is 0. The molecule has 0 aliphatic carbocycles. The van der Waals surface area contributed by atoms with Crippen LogP contribution in [0.15, 0.2) is 29.4 Å². The topological polar surface area (TPSA) is 48.8 Å². The average molecular weight is 149 g/mol. The van der Waals surface area contributed by atoms with Gasteiger partial charge >= 0.3 is 0 Å². The van der Waals surface area contributed by atoms with Gasteiger partial charge in [-0.3, -0.25) is 0 Å². The molecule has 4 heteroatoms. The van der Waals surface area contributed by atoms with E-state index in [4.69, 9.17) is 5.53 Å². The standard InChI is InChI=1S/C6H7N3Si/c7-9-8-5-3-1-2-4-6(5)10/h1-4H,10H3. The van der Waals surface area contributed by atoms with Gasteiger partial charge in [-0.1, -0.05) is 34.6 Å². The van der Waals surface area contributed by atoms with Crippen LogP contribution in [0.4, 0.5) is 5.69 Å². The molecular weight excluding hydrogens is 142 g/mol. The van der Waals surface area contributed by atoms with E-state index in [9.17, 15) is 0 Å². The Morgan fingerprint density at radius 2 is 2.10 bits per heavy atom. The normalized spacial score (nSPS) is 8.80. The molecule has 0 heterocycles. The van der Waals surface area contributed by atoms with E-state index in [2.05, 4.69) is 10.0 Å². The molecule has 0 bridgehead atoms. The SMILES string of the molecule is [N-]=[N+]=Nc1ccccc1[SiH3]. The summed E-state index contributed by atoms with van der Waals surface area (Å²) in [4.78, 5) is 2.71. The van der Waals surface area contributed by atoms with Crippen LogP contribution in [0.25, 0.3) is 10.4 Å². The first-order valence-corrected chi connectivity index (χ1v) is 3.95. The molecule has 0 atom stereocenters. The fraction of sp³-hybridized carbons (Fsp3) is 0. The predicted molar refractivity (Wildman–Crippen MR) is 44.8 cm³/mol. The highest BCUT2D eigenvalue weighted by Crippen LogP contribution is 2.05. The first-order valence-electron chi connectivity index (χ1n) is 2.95. The molecule has 0 unspecified atom stereocenters. The Morgan fingerprint density at radius 3 is 2.70 bits per heavy atom. The molecule has 0 fully saturated rings. The van der Waals surface area contributed by atoms with E-state index in [1.54, 1.807) is 0 Å². The van der Waals surface area contributed by atoms with E-state index < -0.39 is 0 Å². The minimum absolute atomic E-state index is 0.761. The summed E-state index contributed by atoms with van der Waals surface area (Å²) in [7, 11) is 0.925. The zero-order chi connectivity index (χ0) is 7.40. The monoisotopic (exact) mass is 149 g/mol. The maximum Gasteiger partial charge on any atom is 0.0391 e. The minimum atomic E-state index is 0.761. The van der Waals surface area contributed by atoms with Crippen LogP contribution in [-0.4, -0.2) is 10.2 Å². The Hall–Kier alpha value is -1.25. The average Bonchev–Trinajstić information content (AvgIpc) is 1.94. The number of benzene rings is 1. The molecule has 1 rings (SSSR count). The van der Waals surface area contributed by atoms with Gasteiger partial charge in [0.25, 0.3) is 0 Å². The van der Waals surface area contributed by atoms with E-state index in [1.807, 2.05) is 24.3 Å². The highest BCUT2D eigenvalue weighted by molar-refractivity contribution is 6.35. The van der Waals surface area contributed by atoms with Gasteiger partial charge in [0.05, 0.1) is 0 Å². The third-order valence-electron chi connectivity index (χ3n) is 1.27. The van der Waals surface area contributed by atoms with Crippen LogP contribution < -0.4 is 5.19 Å². The Bertz CT molecular complexity index is 278. The van der Waals surface area contributed by atoms with Crippen molar-refractivity contribution in [1.29, 1.82) is 0 Å². The lowest BCUT2D eigenvalue weighted by molar-refractivity contribution is 1.51. The van der Waals surface area contributed by atoms with Crippen molar-refractivity contribution >= 4 is 21.1 Å². The molecule has 0 N–H and O–H groups in total. The van der Waals surface area contributed by atoms with E-state index in [1.165, 1.54) is 0 Å². The van der Waals surface area contributed by atoms with Crippen LogP contribution in [-0.2, 0) is 0 Å². The van der Waals surface area contributed by atoms with Crippen LogP contribution in [0.1, 0.15) is 0 Å². The highest BCUT2D eigenvalue weighted by atomic mass is 28.1. The molecule has 3 nitrogen and oxygen atoms in total. The van der Waals surface area contributed by atoms with Gasteiger partial charge in [0.2, 0.25) is 0 Å². The van der Waals surface area contributed by atoms with E-state index in [-0.39, 0.29) is 0 Å². The summed E-state index contributed by atoms with van der Waals surface area (Å²) in [6.07, 6.45) is 0. The fourth-order valence-electron chi connectivity index (χ4n) is 0.724. The van der Waals surface area contributed by atoms with E-state index in [0.29, 0.717) is 0 Å². The molecule has 0 saturated carbocycles. The van der Waals surface area contributed by atoms with E-state index >= 15 is 0 Å². The number of hydrogen-bond donors (Lipinski definition) is 0. The molecule has 0 spiro atoms. The lowest BCUT2D eigenvalue weighted by Gasteiger charge is -1.93. The molecule has 1 aromatic carbocycles. The number of nitrogens with zero attached hydrogens (tertiary/aromatic N) is 3. The Labute approximate surface area is 61.7 Å². The first-order chi connectivity index (χ1) is 4.84. The molecule has 0 aliphatic heterocycles. The molecule has 1 aromatic rings. The van der Waals surface area contributed by atoms with Crippen LogP contribution in [0, 0.1) is 0 Å². The smallest absolute Gasteiger partial charge is 0.0391 e.